The van der Waals surface area contributed by atoms with Crippen molar-refractivity contribution in [3.8, 4) is 17.0 Å². The molecule has 7 heteroatoms. The maximum Gasteiger partial charge on any atom is 0.242 e. The molecule has 0 spiro atoms. The number of aromatic nitrogens is 6. The maximum atomic E-state index is 6.02. The molecule has 7 nitrogen and oxygen atoms in total. The zero-order valence-electron chi connectivity index (χ0n) is 15.2. The fourth-order valence-electron chi connectivity index (χ4n) is 3.78. The second kappa shape index (κ2) is 5.52. The van der Waals surface area contributed by atoms with Gasteiger partial charge in [0, 0.05) is 29.6 Å². The van der Waals surface area contributed by atoms with E-state index in [0.717, 1.165) is 40.2 Å². The predicted molar refractivity (Wildman–Crippen MR) is 101 cm³/mol. The smallest absolute Gasteiger partial charge is 0.242 e. The van der Waals surface area contributed by atoms with Gasteiger partial charge in [-0.3, -0.25) is 0 Å². The third kappa shape index (κ3) is 2.49. The van der Waals surface area contributed by atoms with Crippen molar-refractivity contribution < 1.29 is 4.74 Å². The summed E-state index contributed by atoms with van der Waals surface area (Å²) in [5, 5.41) is 4.34. The molecule has 27 heavy (non-hydrogen) atoms. The second-order valence-corrected chi connectivity index (χ2v) is 7.67. The number of ether oxygens (including phenoxy) is 1. The Labute approximate surface area is 156 Å². The fourth-order valence-corrected chi connectivity index (χ4v) is 3.78. The Balaban J connectivity index is 1.49. The molecule has 0 aromatic carbocycles. The first-order valence-corrected chi connectivity index (χ1v) is 9.58. The van der Waals surface area contributed by atoms with E-state index in [9.17, 15) is 0 Å². The van der Waals surface area contributed by atoms with Crippen molar-refractivity contribution in [2.24, 2.45) is 5.92 Å². The van der Waals surface area contributed by atoms with E-state index in [1.165, 1.54) is 25.7 Å². The molecular formula is C20H20N6O. The van der Waals surface area contributed by atoms with Crippen molar-refractivity contribution in [2.45, 2.75) is 38.6 Å². The summed E-state index contributed by atoms with van der Waals surface area (Å²) >= 11 is 0. The van der Waals surface area contributed by atoms with Crippen LogP contribution in [0.4, 0.5) is 0 Å². The van der Waals surface area contributed by atoms with Gasteiger partial charge in [-0.25, -0.2) is 14.5 Å². The minimum absolute atomic E-state index is 0.568. The molecule has 6 rings (SSSR count). The molecular weight excluding hydrogens is 340 g/mol. The maximum absolute atomic E-state index is 6.02. The number of fused-ring (bicyclic) bond motifs is 2. The first-order valence-electron chi connectivity index (χ1n) is 9.58. The molecule has 0 N–H and O–H groups in total. The largest absolute Gasteiger partial charge is 0.476 e. The molecule has 4 aromatic rings. The quantitative estimate of drug-likeness (QED) is 0.544. The van der Waals surface area contributed by atoms with Gasteiger partial charge >= 0.3 is 0 Å². The van der Waals surface area contributed by atoms with E-state index in [4.69, 9.17) is 4.74 Å². The highest BCUT2D eigenvalue weighted by Gasteiger charge is 2.28. The highest BCUT2D eigenvalue weighted by Crippen LogP contribution is 2.39. The predicted octanol–water partition coefficient (Wildman–Crippen LogP) is 3.57. The summed E-state index contributed by atoms with van der Waals surface area (Å²) < 4.78 is 10.2. The van der Waals surface area contributed by atoms with Crippen molar-refractivity contribution in [3.63, 3.8) is 0 Å². The molecule has 136 valence electrons. The molecule has 0 bridgehead atoms. The Bertz CT molecular complexity index is 1170. The van der Waals surface area contributed by atoms with Crippen molar-refractivity contribution in [1.29, 1.82) is 0 Å². The third-order valence-electron chi connectivity index (χ3n) is 5.52. The highest BCUT2D eigenvalue weighted by atomic mass is 16.5. The van der Waals surface area contributed by atoms with Gasteiger partial charge in [-0.1, -0.05) is 0 Å². The van der Waals surface area contributed by atoms with Crippen LogP contribution >= 0.6 is 0 Å². The van der Waals surface area contributed by atoms with Gasteiger partial charge in [0.2, 0.25) is 5.88 Å². The molecule has 0 radical (unpaired) electrons. The van der Waals surface area contributed by atoms with Crippen molar-refractivity contribution in [1.82, 2.24) is 29.1 Å². The van der Waals surface area contributed by atoms with Crippen LogP contribution in [0.1, 0.15) is 37.5 Å². The number of hydrogen-bond acceptors (Lipinski definition) is 5. The Hall–Kier alpha value is -2.96. The SMILES string of the molecule is Cc1nc2ncc(-c3ccn4ncnc(OCC5CC5)c34)cc2n1C1CC1. The lowest BCUT2D eigenvalue weighted by atomic mass is 10.1. The van der Waals surface area contributed by atoms with Crippen molar-refractivity contribution in [3.05, 3.63) is 36.7 Å². The van der Waals surface area contributed by atoms with Gasteiger partial charge in [-0.2, -0.15) is 10.1 Å². The summed E-state index contributed by atoms with van der Waals surface area (Å²) in [6.45, 7) is 2.79. The first kappa shape index (κ1) is 15.1. The van der Waals surface area contributed by atoms with E-state index in [2.05, 4.69) is 43.7 Å². The highest BCUT2D eigenvalue weighted by molar-refractivity contribution is 5.88. The van der Waals surface area contributed by atoms with Crippen LogP contribution in [0, 0.1) is 12.8 Å². The topological polar surface area (TPSA) is 70.1 Å². The van der Waals surface area contributed by atoms with Crippen molar-refractivity contribution in [2.75, 3.05) is 6.61 Å². The van der Waals surface area contributed by atoms with Gasteiger partial charge in [0.25, 0.3) is 0 Å². The van der Waals surface area contributed by atoms with E-state index in [-0.39, 0.29) is 0 Å². The van der Waals surface area contributed by atoms with Crippen molar-refractivity contribution >= 4 is 16.7 Å². The monoisotopic (exact) mass is 360 g/mol. The second-order valence-electron chi connectivity index (χ2n) is 7.67. The minimum atomic E-state index is 0.568. The average molecular weight is 360 g/mol. The summed E-state index contributed by atoms with van der Waals surface area (Å²) in [5.41, 5.74) is 4.89. The van der Waals surface area contributed by atoms with Gasteiger partial charge in [-0.15, -0.1) is 0 Å². The molecule has 0 unspecified atom stereocenters. The molecule has 2 saturated carbocycles. The molecule has 0 aliphatic heterocycles. The van der Waals surface area contributed by atoms with Gasteiger partial charge in [0.15, 0.2) is 5.65 Å². The van der Waals surface area contributed by atoms with Crippen LogP contribution in [0.2, 0.25) is 0 Å². The van der Waals surface area contributed by atoms with E-state index in [1.54, 1.807) is 6.33 Å². The number of hydrogen-bond donors (Lipinski definition) is 0. The fraction of sp³-hybridized carbons (Fsp3) is 0.400. The molecule has 2 aliphatic carbocycles. The lowest BCUT2D eigenvalue weighted by molar-refractivity contribution is 0.290. The number of nitrogens with zero attached hydrogens (tertiary/aromatic N) is 6. The number of imidazole rings is 1. The summed E-state index contributed by atoms with van der Waals surface area (Å²) in [6.07, 6.45) is 10.3. The van der Waals surface area contributed by atoms with Gasteiger partial charge in [0.05, 0.1) is 12.1 Å². The Morgan fingerprint density at radius 1 is 1.19 bits per heavy atom. The number of rotatable bonds is 5. The standard InChI is InChI=1S/C20H20N6O/c1-12-24-19-17(26(12)15-4-5-15)8-14(9-21-19)16-6-7-25-18(16)20(22-11-23-25)27-10-13-2-3-13/h6-9,11,13,15H,2-5,10H2,1H3. The van der Waals surface area contributed by atoms with E-state index in [0.29, 0.717) is 17.8 Å². The molecule has 0 atom stereocenters. The molecule has 0 amide bonds. The molecule has 2 aliphatic rings. The molecule has 4 heterocycles. The first-order chi connectivity index (χ1) is 13.3. The van der Waals surface area contributed by atoms with E-state index < -0.39 is 0 Å². The van der Waals surface area contributed by atoms with Crippen LogP contribution in [-0.2, 0) is 0 Å². The number of pyridine rings is 1. The zero-order valence-corrected chi connectivity index (χ0v) is 15.2. The Kier molecular flexibility index (Phi) is 3.09. The van der Waals surface area contributed by atoms with Gasteiger partial charge in [-0.05, 0) is 50.7 Å². The number of aryl methyl sites for hydroxylation is 1. The molecule has 2 fully saturated rings. The van der Waals surface area contributed by atoms with Crippen LogP contribution in [0.25, 0.3) is 27.8 Å². The lowest BCUT2D eigenvalue weighted by Crippen LogP contribution is -2.04. The molecule has 4 aromatic heterocycles. The summed E-state index contributed by atoms with van der Waals surface area (Å²) in [7, 11) is 0. The van der Waals surface area contributed by atoms with Gasteiger partial charge in [0.1, 0.15) is 17.7 Å². The Morgan fingerprint density at radius 3 is 2.89 bits per heavy atom. The average Bonchev–Trinajstić information content (AvgIpc) is 3.60. The summed E-state index contributed by atoms with van der Waals surface area (Å²) in [4.78, 5) is 13.7. The normalized spacial score (nSPS) is 17.1. The van der Waals surface area contributed by atoms with E-state index >= 15 is 0 Å². The van der Waals surface area contributed by atoms with Crippen LogP contribution in [0.3, 0.4) is 0 Å². The van der Waals surface area contributed by atoms with Crippen LogP contribution in [0.5, 0.6) is 5.88 Å². The zero-order chi connectivity index (χ0) is 18.0. The van der Waals surface area contributed by atoms with Crippen LogP contribution in [-0.4, -0.2) is 35.7 Å². The summed E-state index contributed by atoms with van der Waals surface area (Å²) in [5.74, 6) is 2.35. The van der Waals surface area contributed by atoms with E-state index in [1.807, 2.05) is 16.9 Å². The van der Waals surface area contributed by atoms with Crippen LogP contribution in [0.15, 0.2) is 30.9 Å². The van der Waals surface area contributed by atoms with Crippen LogP contribution < -0.4 is 4.74 Å². The van der Waals surface area contributed by atoms with Gasteiger partial charge < -0.3 is 9.30 Å². The minimum Gasteiger partial charge on any atom is -0.476 e. The third-order valence-corrected chi connectivity index (χ3v) is 5.52. The summed E-state index contributed by atoms with van der Waals surface area (Å²) in [6, 6.07) is 4.81. The molecule has 0 saturated heterocycles. The Morgan fingerprint density at radius 2 is 2.07 bits per heavy atom. The lowest BCUT2D eigenvalue weighted by Gasteiger charge is -2.08.